The van der Waals surface area contributed by atoms with Crippen LogP contribution in [0.4, 0.5) is 0 Å². The fourth-order valence-electron chi connectivity index (χ4n) is 1.67. The molecule has 1 aromatic rings. The molecule has 16 heavy (non-hydrogen) atoms. The number of carbonyl (C=O) groups is 1. The van der Waals surface area contributed by atoms with Crippen LogP contribution in [0.2, 0.25) is 0 Å². The molecule has 83 valence electrons. The molecule has 0 aliphatic carbocycles. The van der Waals surface area contributed by atoms with E-state index < -0.39 is 0 Å². The maximum Gasteiger partial charge on any atom is 0.182 e. The molecule has 0 bridgehead atoms. The second kappa shape index (κ2) is 4.39. The summed E-state index contributed by atoms with van der Waals surface area (Å²) in [5.41, 5.74) is 1.89. The van der Waals surface area contributed by atoms with E-state index in [4.69, 9.17) is 0 Å². The van der Waals surface area contributed by atoms with Gasteiger partial charge in [-0.3, -0.25) is 4.79 Å². The molecule has 3 nitrogen and oxygen atoms in total. The predicted molar refractivity (Wildman–Crippen MR) is 63.4 cm³/mol. The Morgan fingerprint density at radius 1 is 1.31 bits per heavy atom. The monoisotopic (exact) mass is 215 g/mol. The number of nitrogens with zero attached hydrogens (tertiary/aromatic N) is 2. The first kappa shape index (κ1) is 10.7. The number of ketones is 1. The highest BCUT2D eigenvalue weighted by molar-refractivity contribution is 5.97. The molecule has 3 heteroatoms. The van der Waals surface area contributed by atoms with E-state index >= 15 is 0 Å². The summed E-state index contributed by atoms with van der Waals surface area (Å²) in [5.74, 6) is 0.139. The standard InChI is InChI=1S/C13H15N2O/c1-11-4-3-5-12(8-11)13(16)9-15-7-6-14(2)10-15/h3-8,10H,9H2,1-2H3. The van der Waals surface area contributed by atoms with Crippen molar-refractivity contribution < 1.29 is 4.79 Å². The highest BCUT2D eigenvalue weighted by Gasteiger charge is 2.14. The van der Waals surface area contributed by atoms with Crippen molar-refractivity contribution in [2.45, 2.75) is 6.92 Å². The normalized spacial score (nSPS) is 14.6. The van der Waals surface area contributed by atoms with Crippen LogP contribution in [0.25, 0.3) is 0 Å². The summed E-state index contributed by atoms with van der Waals surface area (Å²) >= 11 is 0. The average Bonchev–Trinajstić information content (AvgIpc) is 2.64. The van der Waals surface area contributed by atoms with E-state index in [1.165, 1.54) is 0 Å². The summed E-state index contributed by atoms with van der Waals surface area (Å²) in [5, 5.41) is 0. The first-order chi connectivity index (χ1) is 7.65. The van der Waals surface area contributed by atoms with Crippen LogP contribution < -0.4 is 0 Å². The van der Waals surface area contributed by atoms with Crippen LogP contribution in [-0.2, 0) is 0 Å². The van der Waals surface area contributed by atoms with Crippen molar-refractivity contribution in [3.8, 4) is 0 Å². The average molecular weight is 215 g/mol. The smallest absolute Gasteiger partial charge is 0.182 e. The Kier molecular flexibility index (Phi) is 2.95. The lowest BCUT2D eigenvalue weighted by Gasteiger charge is -2.16. The number of hydrogen-bond donors (Lipinski definition) is 0. The summed E-state index contributed by atoms with van der Waals surface area (Å²) in [7, 11) is 1.94. The molecule has 1 aliphatic rings. The number of Topliss-reactive ketones (excluding diaryl/α,β-unsaturated/α-hetero) is 1. The molecular weight excluding hydrogens is 200 g/mol. The van der Waals surface area contributed by atoms with Crippen LogP contribution in [0.5, 0.6) is 0 Å². The van der Waals surface area contributed by atoms with Gasteiger partial charge in [0.1, 0.15) is 6.67 Å². The number of carbonyl (C=O) groups excluding carboxylic acids is 1. The molecule has 0 N–H and O–H groups in total. The van der Waals surface area contributed by atoms with Crippen molar-refractivity contribution in [2.24, 2.45) is 0 Å². The van der Waals surface area contributed by atoms with E-state index in [1.54, 1.807) is 0 Å². The van der Waals surface area contributed by atoms with Crippen molar-refractivity contribution in [2.75, 3.05) is 13.6 Å². The van der Waals surface area contributed by atoms with Crippen LogP contribution in [-0.4, -0.2) is 29.2 Å². The van der Waals surface area contributed by atoms with Gasteiger partial charge in [0, 0.05) is 25.0 Å². The maximum absolute atomic E-state index is 11.9. The molecule has 0 saturated carbocycles. The molecule has 1 heterocycles. The van der Waals surface area contributed by atoms with E-state index in [-0.39, 0.29) is 5.78 Å². The van der Waals surface area contributed by atoms with Crippen molar-refractivity contribution in [3.63, 3.8) is 0 Å². The Morgan fingerprint density at radius 2 is 2.12 bits per heavy atom. The minimum atomic E-state index is 0.139. The van der Waals surface area contributed by atoms with Crippen molar-refractivity contribution in [1.82, 2.24) is 9.80 Å². The zero-order valence-corrected chi connectivity index (χ0v) is 9.55. The Bertz CT molecular complexity index is 426. The van der Waals surface area contributed by atoms with Gasteiger partial charge in [-0.05, 0) is 13.0 Å². The number of rotatable bonds is 3. The molecule has 1 aromatic carbocycles. The van der Waals surface area contributed by atoms with Gasteiger partial charge in [-0.1, -0.05) is 23.8 Å². The number of benzene rings is 1. The molecule has 0 unspecified atom stereocenters. The molecule has 0 fully saturated rings. The molecule has 0 amide bonds. The first-order valence-electron chi connectivity index (χ1n) is 5.26. The van der Waals surface area contributed by atoms with E-state index in [2.05, 4.69) is 0 Å². The fraction of sp³-hybridized carbons (Fsp3) is 0.231. The van der Waals surface area contributed by atoms with E-state index in [0.29, 0.717) is 6.54 Å². The van der Waals surface area contributed by atoms with Gasteiger partial charge in [0.25, 0.3) is 0 Å². The summed E-state index contributed by atoms with van der Waals surface area (Å²) in [6, 6.07) is 7.69. The quantitative estimate of drug-likeness (QED) is 0.721. The molecule has 1 radical (unpaired) electrons. The van der Waals surface area contributed by atoms with Gasteiger partial charge in [-0.2, -0.15) is 0 Å². The first-order valence-corrected chi connectivity index (χ1v) is 5.26. The Hall–Kier alpha value is -1.77. The summed E-state index contributed by atoms with van der Waals surface area (Å²) < 4.78 is 0. The highest BCUT2D eigenvalue weighted by Crippen LogP contribution is 2.11. The minimum Gasteiger partial charge on any atom is -0.356 e. The van der Waals surface area contributed by atoms with Gasteiger partial charge in [-0.25, -0.2) is 0 Å². The third kappa shape index (κ3) is 2.42. The Balaban J connectivity index is 2.01. The van der Waals surface area contributed by atoms with Crippen LogP contribution in [0.3, 0.4) is 0 Å². The summed E-state index contributed by atoms with van der Waals surface area (Å²) in [6.07, 6.45) is 3.82. The van der Waals surface area contributed by atoms with E-state index in [9.17, 15) is 4.79 Å². The SMILES string of the molecule is Cc1cccc(C(=O)CN2[CH]N(C)C=C2)c1. The van der Waals surface area contributed by atoms with Gasteiger partial charge in [0.15, 0.2) is 5.78 Å². The molecule has 0 aromatic heterocycles. The predicted octanol–water partition coefficient (Wildman–Crippen LogP) is 2.02. The zero-order valence-electron chi connectivity index (χ0n) is 9.55. The third-order valence-corrected chi connectivity index (χ3v) is 2.49. The fourth-order valence-corrected chi connectivity index (χ4v) is 1.67. The van der Waals surface area contributed by atoms with E-state index in [0.717, 1.165) is 11.1 Å². The lowest BCUT2D eigenvalue weighted by Crippen LogP contribution is -2.23. The highest BCUT2D eigenvalue weighted by atomic mass is 16.1. The zero-order chi connectivity index (χ0) is 11.5. The largest absolute Gasteiger partial charge is 0.356 e. The summed E-state index contributed by atoms with van der Waals surface area (Å²) in [6.45, 7) is 4.28. The van der Waals surface area contributed by atoms with Gasteiger partial charge in [0.2, 0.25) is 0 Å². The molecule has 0 saturated heterocycles. The molecular formula is C13H15N2O. The molecule has 0 spiro atoms. The second-order valence-electron chi connectivity index (χ2n) is 4.04. The number of hydrogen-bond acceptors (Lipinski definition) is 3. The lowest BCUT2D eigenvalue weighted by atomic mass is 10.1. The van der Waals surface area contributed by atoms with Gasteiger partial charge >= 0.3 is 0 Å². The molecule has 0 atom stereocenters. The molecule has 2 rings (SSSR count). The van der Waals surface area contributed by atoms with E-state index in [1.807, 2.05) is 67.1 Å². The second-order valence-corrected chi connectivity index (χ2v) is 4.04. The Labute approximate surface area is 96.0 Å². The third-order valence-electron chi connectivity index (χ3n) is 2.49. The topological polar surface area (TPSA) is 23.6 Å². The van der Waals surface area contributed by atoms with Crippen LogP contribution in [0.1, 0.15) is 15.9 Å². The lowest BCUT2D eigenvalue weighted by molar-refractivity contribution is 0.0962. The maximum atomic E-state index is 11.9. The van der Waals surface area contributed by atoms with Crippen LogP contribution in [0, 0.1) is 13.6 Å². The van der Waals surface area contributed by atoms with Crippen LogP contribution in [0.15, 0.2) is 36.7 Å². The van der Waals surface area contributed by atoms with Crippen molar-refractivity contribution >= 4 is 5.78 Å². The minimum absolute atomic E-state index is 0.139. The van der Waals surface area contributed by atoms with Gasteiger partial charge < -0.3 is 9.80 Å². The number of aryl methyl sites for hydroxylation is 1. The Morgan fingerprint density at radius 3 is 2.75 bits per heavy atom. The summed E-state index contributed by atoms with van der Waals surface area (Å²) in [4.78, 5) is 15.7. The van der Waals surface area contributed by atoms with Crippen molar-refractivity contribution in [3.05, 3.63) is 54.5 Å². The van der Waals surface area contributed by atoms with Gasteiger partial charge in [0.05, 0.1) is 6.54 Å². The van der Waals surface area contributed by atoms with Crippen molar-refractivity contribution in [1.29, 1.82) is 0 Å². The van der Waals surface area contributed by atoms with Gasteiger partial charge in [-0.15, -0.1) is 0 Å². The van der Waals surface area contributed by atoms with Crippen LogP contribution >= 0.6 is 0 Å². The molecule has 1 aliphatic heterocycles.